The Morgan fingerprint density at radius 2 is 1.85 bits per heavy atom. The minimum atomic E-state index is -2.83. The number of carbonyl (C=O) groups is 1. The molecule has 4 nitrogen and oxygen atoms in total. The molecule has 0 radical (unpaired) electrons. The molecule has 0 aliphatic rings. The van der Waals surface area contributed by atoms with Crippen molar-refractivity contribution in [1.82, 2.24) is 5.32 Å². The highest BCUT2D eigenvalue weighted by molar-refractivity contribution is 5.75. The maximum absolute atomic E-state index is 12.0. The van der Waals surface area contributed by atoms with Crippen molar-refractivity contribution < 1.29 is 23.0 Å². The lowest BCUT2D eigenvalue weighted by atomic mass is 10.0. The van der Waals surface area contributed by atoms with Crippen LogP contribution in [0.4, 0.5) is 8.78 Å². The van der Waals surface area contributed by atoms with Crippen LogP contribution in [0.1, 0.15) is 19.4 Å². The largest absolute Gasteiger partial charge is 0.468 e. The van der Waals surface area contributed by atoms with Crippen molar-refractivity contribution in [2.75, 3.05) is 7.11 Å². The molecule has 0 unspecified atom stereocenters. The second kappa shape index (κ2) is 7.79. The van der Waals surface area contributed by atoms with Crippen LogP contribution in [0.15, 0.2) is 24.3 Å². The maximum atomic E-state index is 12.0. The van der Waals surface area contributed by atoms with Crippen LogP contribution in [0.3, 0.4) is 0 Å². The Hall–Kier alpha value is -1.69. The molecule has 0 heterocycles. The third-order valence-corrected chi connectivity index (χ3v) is 2.80. The van der Waals surface area contributed by atoms with Crippen LogP contribution in [0.2, 0.25) is 0 Å². The molecule has 1 aromatic rings. The summed E-state index contributed by atoms with van der Waals surface area (Å²) in [7, 11) is 1.34. The van der Waals surface area contributed by atoms with Crippen molar-refractivity contribution >= 4 is 5.97 Å². The summed E-state index contributed by atoms with van der Waals surface area (Å²) in [6.07, 6.45) is 0. The monoisotopic (exact) mass is 287 g/mol. The SMILES string of the molecule is COC(=O)[C@@H](NCc1ccc(OC(F)F)cc1)C(C)C. The molecule has 6 heteroatoms. The number of ether oxygens (including phenoxy) is 2. The summed E-state index contributed by atoms with van der Waals surface area (Å²) in [6.45, 7) is 1.43. The summed E-state index contributed by atoms with van der Waals surface area (Å²) < 4.78 is 33.0. The number of halogens is 2. The first-order valence-corrected chi connectivity index (χ1v) is 6.29. The van der Waals surface area contributed by atoms with E-state index in [9.17, 15) is 13.6 Å². The van der Waals surface area contributed by atoms with Gasteiger partial charge in [-0.1, -0.05) is 26.0 Å². The van der Waals surface area contributed by atoms with Gasteiger partial charge in [0, 0.05) is 6.54 Å². The van der Waals surface area contributed by atoms with Crippen LogP contribution >= 0.6 is 0 Å². The van der Waals surface area contributed by atoms with Gasteiger partial charge in [0.1, 0.15) is 11.8 Å². The van der Waals surface area contributed by atoms with Crippen LogP contribution in [-0.2, 0) is 16.1 Å². The van der Waals surface area contributed by atoms with Gasteiger partial charge in [0.05, 0.1) is 7.11 Å². The predicted octanol–water partition coefficient (Wildman–Crippen LogP) is 2.58. The molecule has 0 aliphatic carbocycles. The van der Waals surface area contributed by atoms with E-state index >= 15 is 0 Å². The van der Waals surface area contributed by atoms with Gasteiger partial charge in [-0.25, -0.2) is 0 Å². The van der Waals surface area contributed by atoms with Gasteiger partial charge in [-0.3, -0.25) is 4.79 Å². The lowest BCUT2D eigenvalue weighted by Crippen LogP contribution is -2.41. The van der Waals surface area contributed by atoms with E-state index in [2.05, 4.69) is 10.1 Å². The average molecular weight is 287 g/mol. The number of methoxy groups -OCH3 is 1. The molecule has 20 heavy (non-hydrogen) atoms. The van der Waals surface area contributed by atoms with Crippen molar-refractivity contribution in [3.8, 4) is 5.75 Å². The molecule has 0 spiro atoms. The van der Waals surface area contributed by atoms with E-state index in [1.54, 1.807) is 12.1 Å². The molecule has 1 atom stereocenters. The van der Waals surface area contributed by atoms with Crippen LogP contribution in [0, 0.1) is 5.92 Å². The van der Waals surface area contributed by atoms with E-state index < -0.39 is 12.7 Å². The standard InChI is InChI=1S/C14H19F2NO3/c1-9(2)12(13(18)19-3)17-8-10-4-6-11(7-5-10)20-14(15)16/h4-7,9,12,14,17H,8H2,1-3H3/t12-/m0/s1. The second-order valence-corrected chi connectivity index (χ2v) is 4.65. The number of hydrogen-bond acceptors (Lipinski definition) is 4. The molecule has 0 bridgehead atoms. The van der Waals surface area contributed by atoms with Crippen LogP contribution in [0.25, 0.3) is 0 Å². The van der Waals surface area contributed by atoms with E-state index in [1.165, 1.54) is 19.2 Å². The molecular formula is C14H19F2NO3. The first-order valence-electron chi connectivity index (χ1n) is 6.29. The Morgan fingerprint density at radius 3 is 2.30 bits per heavy atom. The fourth-order valence-electron chi connectivity index (χ4n) is 1.73. The van der Waals surface area contributed by atoms with Crippen molar-refractivity contribution in [3.05, 3.63) is 29.8 Å². The summed E-state index contributed by atoms with van der Waals surface area (Å²) in [5, 5.41) is 3.08. The van der Waals surface area contributed by atoms with Crippen molar-refractivity contribution in [2.24, 2.45) is 5.92 Å². The molecule has 0 saturated carbocycles. The van der Waals surface area contributed by atoms with Gasteiger partial charge in [0.2, 0.25) is 0 Å². The van der Waals surface area contributed by atoms with Crippen LogP contribution in [0.5, 0.6) is 5.75 Å². The van der Waals surface area contributed by atoms with Crippen molar-refractivity contribution in [2.45, 2.75) is 33.0 Å². The highest BCUT2D eigenvalue weighted by atomic mass is 19.3. The van der Waals surface area contributed by atoms with Crippen molar-refractivity contribution in [3.63, 3.8) is 0 Å². The topological polar surface area (TPSA) is 47.6 Å². The second-order valence-electron chi connectivity index (χ2n) is 4.65. The fraction of sp³-hybridized carbons (Fsp3) is 0.500. The number of esters is 1. The van der Waals surface area contributed by atoms with Crippen LogP contribution < -0.4 is 10.1 Å². The molecule has 0 aliphatic heterocycles. The van der Waals surface area contributed by atoms with E-state index in [0.717, 1.165) is 5.56 Å². The predicted molar refractivity (Wildman–Crippen MR) is 70.6 cm³/mol. The molecule has 1 N–H and O–H groups in total. The van der Waals surface area contributed by atoms with Gasteiger partial charge in [-0.2, -0.15) is 8.78 Å². The van der Waals surface area contributed by atoms with E-state index in [4.69, 9.17) is 4.74 Å². The van der Waals surface area contributed by atoms with E-state index in [1.807, 2.05) is 13.8 Å². The fourth-order valence-corrected chi connectivity index (χ4v) is 1.73. The number of hydrogen-bond donors (Lipinski definition) is 1. The summed E-state index contributed by atoms with van der Waals surface area (Å²) >= 11 is 0. The number of alkyl halides is 2. The lowest BCUT2D eigenvalue weighted by Gasteiger charge is -2.19. The highest BCUT2D eigenvalue weighted by Crippen LogP contribution is 2.15. The smallest absolute Gasteiger partial charge is 0.387 e. The number of rotatable bonds is 7. The Balaban J connectivity index is 2.58. The first kappa shape index (κ1) is 16.4. The highest BCUT2D eigenvalue weighted by Gasteiger charge is 2.21. The lowest BCUT2D eigenvalue weighted by molar-refractivity contribution is -0.144. The van der Waals surface area contributed by atoms with Gasteiger partial charge in [0.25, 0.3) is 0 Å². The normalized spacial score (nSPS) is 12.6. The molecule has 1 rings (SSSR count). The molecule has 1 aromatic carbocycles. The zero-order valence-electron chi connectivity index (χ0n) is 11.7. The Kier molecular flexibility index (Phi) is 6.38. The van der Waals surface area contributed by atoms with Crippen molar-refractivity contribution in [1.29, 1.82) is 0 Å². The summed E-state index contributed by atoms with van der Waals surface area (Å²) in [6, 6.07) is 5.85. The summed E-state index contributed by atoms with van der Waals surface area (Å²) in [4.78, 5) is 11.6. The van der Waals surface area contributed by atoms with Gasteiger partial charge < -0.3 is 14.8 Å². The molecule has 0 fully saturated rings. The van der Waals surface area contributed by atoms with Crippen LogP contribution in [-0.4, -0.2) is 25.7 Å². The minimum absolute atomic E-state index is 0.0869. The number of benzene rings is 1. The molecule has 0 aromatic heterocycles. The summed E-state index contributed by atoms with van der Waals surface area (Å²) in [5.41, 5.74) is 0.862. The van der Waals surface area contributed by atoms with E-state index in [0.29, 0.717) is 6.54 Å². The van der Waals surface area contributed by atoms with Gasteiger partial charge in [-0.15, -0.1) is 0 Å². The Bertz CT molecular complexity index is 421. The average Bonchev–Trinajstić information content (AvgIpc) is 2.39. The van der Waals surface area contributed by atoms with Gasteiger partial charge in [-0.05, 0) is 23.6 Å². The van der Waals surface area contributed by atoms with E-state index in [-0.39, 0.29) is 17.6 Å². The molecule has 0 saturated heterocycles. The molecule has 112 valence electrons. The maximum Gasteiger partial charge on any atom is 0.387 e. The third-order valence-electron chi connectivity index (χ3n) is 2.80. The zero-order valence-corrected chi connectivity index (χ0v) is 11.7. The minimum Gasteiger partial charge on any atom is -0.468 e. The van der Waals surface area contributed by atoms with Gasteiger partial charge >= 0.3 is 12.6 Å². The summed E-state index contributed by atoms with van der Waals surface area (Å²) in [5.74, 6) is -0.126. The molecular weight excluding hydrogens is 268 g/mol. The molecule has 0 amide bonds. The quantitative estimate of drug-likeness (QED) is 0.783. The zero-order chi connectivity index (χ0) is 15.1. The first-order chi connectivity index (χ1) is 9.43. The number of carbonyl (C=O) groups excluding carboxylic acids is 1. The Morgan fingerprint density at radius 1 is 1.25 bits per heavy atom. The van der Waals surface area contributed by atoms with Gasteiger partial charge in [0.15, 0.2) is 0 Å². The third kappa shape index (κ3) is 5.13. The number of nitrogens with one attached hydrogen (secondary N) is 1. The Labute approximate surface area is 117 Å².